The molecule has 0 radical (unpaired) electrons. The van der Waals surface area contributed by atoms with E-state index in [4.69, 9.17) is 0 Å². The van der Waals surface area contributed by atoms with E-state index in [1.165, 1.54) is 6.92 Å². The van der Waals surface area contributed by atoms with Gasteiger partial charge in [-0.3, -0.25) is 9.59 Å². The molecule has 1 aromatic heterocycles. The van der Waals surface area contributed by atoms with Crippen molar-refractivity contribution in [1.82, 2.24) is 4.98 Å². The van der Waals surface area contributed by atoms with Crippen LogP contribution in [0.4, 0.5) is 22.9 Å². The van der Waals surface area contributed by atoms with Gasteiger partial charge in [-0.1, -0.05) is 38.1 Å². The Labute approximate surface area is 170 Å². The first-order valence-electron chi connectivity index (χ1n) is 9.43. The average Bonchev–Trinajstić information content (AvgIpc) is 2.68. The summed E-state index contributed by atoms with van der Waals surface area (Å²) < 4.78 is 0. The van der Waals surface area contributed by atoms with E-state index in [9.17, 15) is 9.59 Å². The fourth-order valence-corrected chi connectivity index (χ4v) is 2.97. The van der Waals surface area contributed by atoms with E-state index < -0.39 is 0 Å². The number of anilines is 4. The van der Waals surface area contributed by atoms with Crippen LogP contribution in [-0.2, 0) is 4.79 Å². The predicted octanol–water partition coefficient (Wildman–Crippen LogP) is 5.16. The van der Waals surface area contributed by atoms with Crippen LogP contribution < -0.4 is 16.0 Å². The monoisotopic (exact) mass is 388 g/mol. The highest BCUT2D eigenvalue weighted by Gasteiger charge is 2.12. The number of carbonyl (C=O) groups is 2. The summed E-state index contributed by atoms with van der Waals surface area (Å²) in [7, 11) is 0. The van der Waals surface area contributed by atoms with Gasteiger partial charge in [-0.05, 0) is 47.9 Å². The molecule has 0 aliphatic carbocycles. The minimum Gasteiger partial charge on any atom is -0.340 e. The Morgan fingerprint density at radius 3 is 2.41 bits per heavy atom. The summed E-state index contributed by atoms with van der Waals surface area (Å²) in [4.78, 5) is 28.3. The summed E-state index contributed by atoms with van der Waals surface area (Å²) in [5.74, 6) is 0.503. The summed E-state index contributed by atoms with van der Waals surface area (Å²) in [6.45, 7) is 5.64. The third-order valence-corrected chi connectivity index (χ3v) is 4.31. The number of aromatic nitrogens is 1. The maximum atomic E-state index is 12.8. The second-order valence-electron chi connectivity index (χ2n) is 7.01. The Kier molecular flexibility index (Phi) is 6.24. The van der Waals surface area contributed by atoms with E-state index in [0.29, 0.717) is 23.0 Å². The molecule has 0 aliphatic heterocycles. The Balaban J connectivity index is 1.76. The molecule has 29 heavy (non-hydrogen) atoms. The van der Waals surface area contributed by atoms with Crippen LogP contribution in [0.2, 0.25) is 0 Å². The lowest BCUT2D eigenvalue weighted by Gasteiger charge is -2.14. The van der Waals surface area contributed by atoms with Gasteiger partial charge in [0.25, 0.3) is 5.91 Å². The summed E-state index contributed by atoms with van der Waals surface area (Å²) >= 11 is 0. The largest absolute Gasteiger partial charge is 0.340 e. The molecule has 0 spiro atoms. The number of nitrogens with one attached hydrogen (secondary N) is 3. The lowest BCUT2D eigenvalue weighted by Crippen LogP contribution is -2.14. The number of nitrogens with zero attached hydrogens (tertiary/aromatic N) is 1. The fourth-order valence-electron chi connectivity index (χ4n) is 2.97. The number of carbonyl (C=O) groups excluding carboxylic acids is 2. The summed E-state index contributed by atoms with van der Waals surface area (Å²) in [5, 5.41) is 8.89. The van der Waals surface area contributed by atoms with Gasteiger partial charge < -0.3 is 16.0 Å². The molecule has 0 saturated carbocycles. The molecule has 0 saturated heterocycles. The molecule has 3 N–H and O–H groups in total. The molecule has 0 aliphatic rings. The molecular formula is C23H24N4O2. The van der Waals surface area contributed by atoms with E-state index in [2.05, 4.69) is 34.8 Å². The SMILES string of the molecule is CC(=O)Nc1cccc(Nc2cc(C(=O)Nc3ccccc3C(C)C)ccn2)c1. The summed E-state index contributed by atoms with van der Waals surface area (Å²) in [5.41, 5.74) is 3.83. The van der Waals surface area contributed by atoms with Gasteiger partial charge in [-0.15, -0.1) is 0 Å². The number of pyridine rings is 1. The summed E-state index contributed by atoms with van der Waals surface area (Å²) in [6.07, 6.45) is 1.59. The standard InChI is InChI=1S/C23H24N4O2/c1-15(2)20-9-4-5-10-21(20)27-23(29)17-11-12-24-22(13-17)26-19-8-6-7-18(14-19)25-16(3)28/h4-15H,1-3H3,(H,24,26)(H,25,28)(H,27,29). The minimum absolute atomic E-state index is 0.138. The van der Waals surface area contributed by atoms with Crippen molar-refractivity contribution in [1.29, 1.82) is 0 Å². The van der Waals surface area contributed by atoms with Crippen molar-refractivity contribution >= 4 is 34.7 Å². The minimum atomic E-state index is -0.199. The quantitative estimate of drug-likeness (QED) is 0.545. The first-order chi connectivity index (χ1) is 13.9. The van der Waals surface area contributed by atoms with Crippen LogP contribution in [-0.4, -0.2) is 16.8 Å². The van der Waals surface area contributed by atoms with Crippen LogP contribution in [0, 0.1) is 0 Å². The van der Waals surface area contributed by atoms with Gasteiger partial charge in [0.2, 0.25) is 5.91 Å². The topological polar surface area (TPSA) is 83.1 Å². The van der Waals surface area contributed by atoms with Gasteiger partial charge in [0.1, 0.15) is 5.82 Å². The first-order valence-corrected chi connectivity index (χ1v) is 9.43. The van der Waals surface area contributed by atoms with Crippen molar-refractivity contribution in [2.75, 3.05) is 16.0 Å². The molecule has 1 heterocycles. The van der Waals surface area contributed by atoms with Crippen molar-refractivity contribution in [2.24, 2.45) is 0 Å². The van der Waals surface area contributed by atoms with E-state index >= 15 is 0 Å². The van der Waals surface area contributed by atoms with Gasteiger partial charge in [-0.25, -0.2) is 4.98 Å². The Bertz CT molecular complexity index is 1030. The van der Waals surface area contributed by atoms with Gasteiger partial charge in [0.15, 0.2) is 0 Å². The van der Waals surface area contributed by atoms with Crippen molar-refractivity contribution in [2.45, 2.75) is 26.7 Å². The van der Waals surface area contributed by atoms with Crippen LogP contribution in [0.25, 0.3) is 0 Å². The van der Waals surface area contributed by atoms with Gasteiger partial charge in [0.05, 0.1) is 0 Å². The van der Waals surface area contributed by atoms with Crippen molar-refractivity contribution in [3.05, 3.63) is 78.0 Å². The molecule has 0 fully saturated rings. The summed E-state index contributed by atoms with van der Waals surface area (Å²) in [6, 6.07) is 18.4. The zero-order chi connectivity index (χ0) is 20.8. The highest BCUT2D eigenvalue weighted by molar-refractivity contribution is 6.05. The molecule has 3 aromatic rings. The Morgan fingerprint density at radius 2 is 1.66 bits per heavy atom. The van der Waals surface area contributed by atoms with Crippen LogP contribution in [0.1, 0.15) is 42.6 Å². The number of benzene rings is 2. The lowest BCUT2D eigenvalue weighted by molar-refractivity contribution is -0.114. The molecule has 148 valence electrons. The molecule has 0 unspecified atom stereocenters. The van der Waals surface area contributed by atoms with Crippen LogP contribution in [0.15, 0.2) is 66.9 Å². The third kappa shape index (κ3) is 5.42. The van der Waals surface area contributed by atoms with E-state index in [-0.39, 0.29) is 11.8 Å². The number of hydrogen-bond acceptors (Lipinski definition) is 4. The third-order valence-electron chi connectivity index (χ3n) is 4.31. The van der Waals surface area contributed by atoms with Crippen molar-refractivity contribution in [3.8, 4) is 0 Å². The predicted molar refractivity (Wildman–Crippen MR) is 117 cm³/mol. The average molecular weight is 388 g/mol. The maximum Gasteiger partial charge on any atom is 0.255 e. The van der Waals surface area contributed by atoms with E-state index in [1.54, 1.807) is 30.5 Å². The fraction of sp³-hybridized carbons (Fsp3) is 0.174. The maximum absolute atomic E-state index is 12.8. The molecular weight excluding hydrogens is 364 g/mol. The zero-order valence-electron chi connectivity index (χ0n) is 16.7. The molecule has 6 heteroatoms. The van der Waals surface area contributed by atoms with Crippen LogP contribution in [0.5, 0.6) is 0 Å². The van der Waals surface area contributed by atoms with Crippen molar-refractivity contribution < 1.29 is 9.59 Å². The number of hydrogen-bond donors (Lipinski definition) is 3. The van der Waals surface area contributed by atoms with E-state index in [1.807, 2.05) is 36.4 Å². The highest BCUT2D eigenvalue weighted by atomic mass is 16.2. The Morgan fingerprint density at radius 1 is 0.897 bits per heavy atom. The highest BCUT2D eigenvalue weighted by Crippen LogP contribution is 2.25. The number of rotatable bonds is 6. The molecule has 0 atom stereocenters. The second-order valence-corrected chi connectivity index (χ2v) is 7.01. The number of para-hydroxylation sites is 1. The molecule has 2 aromatic carbocycles. The zero-order valence-corrected chi connectivity index (χ0v) is 16.7. The lowest BCUT2D eigenvalue weighted by atomic mass is 10.0. The Hall–Kier alpha value is -3.67. The molecule has 6 nitrogen and oxygen atoms in total. The molecule has 3 rings (SSSR count). The van der Waals surface area contributed by atoms with Gasteiger partial charge in [0, 0.05) is 35.7 Å². The van der Waals surface area contributed by atoms with Crippen LogP contribution >= 0.6 is 0 Å². The van der Waals surface area contributed by atoms with Gasteiger partial charge in [-0.2, -0.15) is 0 Å². The normalized spacial score (nSPS) is 10.5. The second kappa shape index (κ2) is 9.01. The molecule has 0 bridgehead atoms. The van der Waals surface area contributed by atoms with Gasteiger partial charge >= 0.3 is 0 Å². The molecule has 2 amide bonds. The van der Waals surface area contributed by atoms with Crippen molar-refractivity contribution in [3.63, 3.8) is 0 Å². The van der Waals surface area contributed by atoms with Crippen LogP contribution in [0.3, 0.4) is 0 Å². The number of amides is 2. The first kappa shape index (κ1) is 20.1. The smallest absolute Gasteiger partial charge is 0.255 e. The van der Waals surface area contributed by atoms with E-state index in [0.717, 1.165) is 16.9 Å².